The van der Waals surface area contributed by atoms with Crippen molar-refractivity contribution in [1.29, 1.82) is 5.26 Å². The molecule has 2 aliphatic heterocycles. The highest BCUT2D eigenvalue weighted by Crippen LogP contribution is 2.43. The predicted molar refractivity (Wildman–Crippen MR) is 95.5 cm³/mol. The molecule has 1 N–H and O–H groups in total. The van der Waals surface area contributed by atoms with Crippen LogP contribution in [0.3, 0.4) is 0 Å². The van der Waals surface area contributed by atoms with E-state index in [4.69, 9.17) is 9.47 Å². The number of amides is 1. The van der Waals surface area contributed by atoms with Crippen molar-refractivity contribution < 1.29 is 32.2 Å². The Labute approximate surface area is 163 Å². The quantitative estimate of drug-likeness (QED) is 0.839. The number of nitrogens with one attached hydrogen (secondary N) is 1. The minimum absolute atomic E-state index is 0.311. The molecule has 0 aromatic heterocycles. The maximum Gasteiger partial charge on any atom is 0.573 e. The number of alkyl halides is 3. The van der Waals surface area contributed by atoms with E-state index in [-0.39, 0.29) is 11.7 Å². The van der Waals surface area contributed by atoms with E-state index < -0.39 is 12.5 Å². The first-order valence-electron chi connectivity index (χ1n) is 8.87. The Morgan fingerprint density at radius 2 is 1.97 bits per heavy atom. The molecule has 0 bridgehead atoms. The SMILES string of the molecule is N#Cc1c(NC(=O)C2CCO2)cc(-c2ccc(OC(F)(F)F)cc2)c2c1CCO2. The topological polar surface area (TPSA) is 80.6 Å². The molecule has 2 aromatic rings. The van der Waals surface area contributed by atoms with Crippen molar-refractivity contribution in [2.24, 2.45) is 0 Å². The molecule has 1 fully saturated rings. The van der Waals surface area contributed by atoms with E-state index in [9.17, 15) is 23.2 Å². The standard InChI is InChI=1S/C20H15F3N2O4/c21-20(22,23)29-12-3-1-11(2-4-12)14-9-16(25-19(26)17-6-8-27-17)15(10-24)13-5-7-28-18(13)14/h1-4,9,17H,5-8H2,(H,25,26). The predicted octanol–water partition coefficient (Wildman–Crippen LogP) is 3.79. The highest BCUT2D eigenvalue weighted by molar-refractivity contribution is 5.97. The number of anilines is 1. The van der Waals surface area contributed by atoms with Gasteiger partial charge in [0.05, 0.1) is 24.5 Å². The lowest BCUT2D eigenvalue weighted by Gasteiger charge is -2.25. The molecule has 4 rings (SSSR count). The summed E-state index contributed by atoms with van der Waals surface area (Å²) >= 11 is 0. The van der Waals surface area contributed by atoms with Crippen LogP contribution in [0, 0.1) is 11.3 Å². The second-order valence-corrected chi connectivity index (χ2v) is 6.57. The van der Waals surface area contributed by atoms with Gasteiger partial charge in [0.25, 0.3) is 5.91 Å². The summed E-state index contributed by atoms with van der Waals surface area (Å²) < 4.78 is 51.9. The highest BCUT2D eigenvalue weighted by Gasteiger charge is 2.32. The molecule has 2 heterocycles. The summed E-state index contributed by atoms with van der Waals surface area (Å²) in [6.07, 6.45) is -4.23. The summed E-state index contributed by atoms with van der Waals surface area (Å²) in [5.74, 6) is -0.196. The monoisotopic (exact) mass is 404 g/mol. The molecule has 150 valence electrons. The number of benzene rings is 2. The van der Waals surface area contributed by atoms with Crippen LogP contribution in [0.1, 0.15) is 17.5 Å². The third-order valence-corrected chi connectivity index (χ3v) is 4.74. The molecule has 0 spiro atoms. The molecule has 1 amide bonds. The smallest absolute Gasteiger partial charge is 0.492 e. The zero-order valence-corrected chi connectivity index (χ0v) is 15.0. The second kappa shape index (κ2) is 7.29. The van der Waals surface area contributed by atoms with Crippen LogP contribution in [0.2, 0.25) is 0 Å². The Kier molecular flexibility index (Phi) is 4.80. The lowest BCUT2D eigenvalue weighted by molar-refractivity contribution is -0.274. The lowest BCUT2D eigenvalue weighted by Crippen LogP contribution is -2.39. The van der Waals surface area contributed by atoms with Crippen molar-refractivity contribution in [3.05, 3.63) is 41.5 Å². The first kappa shape index (κ1) is 19.1. The number of hydrogen-bond acceptors (Lipinski definition) is 5. The average molecular weight is 404 g/mol. The van der Waals surface area contributed by atoms with E-state index in [1.807, 2.05) is 0 Å². The molecule has 0 aliphatic carbocycles. The second-order valence-electron chi connectivity index (χ2n) is 6.57. The molecule has 1 atom stereocenters. The summed E-state index contributed by atoms with van der Waals surface area (Å²) in [4.78, 5) is 12.3. The number of rotatable bonds is 4. The Morgan fingerprint density at radius 3 is 2.55 bits per heavy atom. The van der Waals surface area contributed by atoms with Gasteiger partial charge >= 0.3 is 6.36 Å². The summed E-state index contributed by atoms with van der Waals surface area (Å²) in [5.41, 5.74) is 2.43. The molecule has 1 saturated heterocycles. The number of carbonyl (C=O) groups excluding carboxylic acids is 1. The van der Waals surface area contributed by atoms with Crippen molar-refractivity contribution >= 4 is 11.6 Å². The molecular weight excluding hydrogens is 389 g/mol. The van der Waals surface area contributed by atoms with E-state index in [2.05, 4.69) is 16.1 Å². The van der Waals surface area contributed by atoms with E-state index in [0.717, 1.165) is 0 Å². The van der Waals surface area contributed by atoms with Gasteiger partial charge in [-0.1, -0.05) is 12.1 Å². The Morgan fingerprint density at radius 1 is 1.24 bits per heavy atom. The van der Waals surface area contributed by atoms with E-state index in [1.165, 1.54) is 24.3 Å². The van der Waals surface area contributed by atoms with Crippen LogP contribution in [0.15, 0.2) is 30.3 Å². The van der Waals surface area contributed by atoms with Gasteiger partial charge in [0.2, 0.25) is 0 Å². The maximum atomic E-state index is 12.4. The van der Waals surface area contributed by atoms with E-state index in [1.54, 1.807) is 6.07 Å². The number of halogens is 3. The number of carbonyl (C=O) groups is 1. The summed E-state index contributed by atoms with van der Waals surface area (Å²) in [7, 11) is 0. The fourth-order valence-electron chi connectivity index (χ4n) is 3.31. The lowest BCUT2D eigenvalue weighted by atomic mass is 9.95. The Bertz CT molecular complexity index is 993. The molecule has 2 aliphatic rings. The Hall–Kier alpha value is -3.25. The van der Waals surface area contributed by atoms with Gasteiger partial charge in [0.1, 0.15) is 23.7 Å². The van der Waals surface area contributed by atoms with Crippen molar-refractivity contribution in [2.45, 2.75) is 25.3 Å². The highest BCUT2D eigenvalue weighted by atomic mass is 19.4. The summed E-state index contributed by atoms with van der Waals surface area (Å²) in [6, 6.07) is 9.03. The van der Waals surface area contributed by atoms with Gasteiger partial charge < -0.3 is 19.5 Å². The molecule has 29 heavy (non-hydrogen) atoms. The normalized spacial score (nSPS) is 17.5. The van der Waals surface area contributed by atoms with Gasteiger partial charge in [-0.05, 0) is 23.8 Å². The third-order valence-electron chi connectivity index (χ3n) is 4.74. The minimum Gasteiger partial charge on any atom is -0.492 e. The maximum absolute atomic E-state index is 12.4. The number of nitriles is 1. The third kappa shape index (κ3) is 3.84. The van der Waals surface area contributed by atoms with Gasteiger partial charge in [-0.25, -0.2) is 0 Å². The first-order chi connectivity index (χ1) is 13.9. The van der Waals surface area contributed by atoms with Gasteiger partial charge in [-0.3, -0.25) is 4.79 Å². The van der Waals surface area contributed by atoms with Crippen LogP contribution < -0.4 is 14.8 Å². The van der Waals surface area contributed by atoms with E-state index in [0.29, 0.717) is 59.7 Å². The van der Waals surface area contributed by atoms with Crippen LogP contribution in [0.4, 0.5) is 18.9 Å². The Balaban J connectivity index is 1.71. The molecule has 9 heteroatoms. The fraction of sp³-hybridized carbons (Fsp3) is 0.300. The zero-order valence-electron chi connectivity index (χ0n) is 15.0. The average Bonchev–Trinajstić information content (AvgIpc) is 3.08. The van der Waals surface area contributed by atoms with Gasteiger partial charge in [0.15, 0.2) is 0 Å². The van der Waals surface area contributed by atoms with Crippen molar-refractivity contribution in [1.82, 2.24) is 0 Å². The van der Waals surface area contributed by atoms with Crippen molar-refractivity contribution in [2.75, 3.05) is 18.5 Å². The van der Waals surface area contributed by atoms with Crippen LogP contribution >= 0.6 is 0 Å². The number of nitrogens with zero attached hydrogens (tertiary/aromatic N) is 1. The van der Waals surface area contributed by atoms with Crippen molar-refractivity contribution in [3.8, 4) is 28.7 Å². The molecule has 0 radical (unpaired) electrons. The van der Waals surface area contributed by atoms with Crippen LogP contribution in [-0.2, 0) is 16.0 Å². The molecule has 1 unspecified atom stereocenters. The van der Waals surface area contributed by atoms with Gasteiger partial charge in [-0.15, -0.1) is 13.2 Å². The van der Waals surface area contributed by atoms with E-state index >= 15 is 0 Å². The van der Waals surface area contributed by atoms with Gasteiger partial charge in [-0.2, -0.15) is 5.26 Å². The molecule has 0 saturated carbocycles. The largest absolute Gasteiger partial charge is 0.573 e. The van der Waals surface area contributed by atoms with Crippen molar-refractivity contribution in [3.63, 3.8) is 0 Å². The molecule has 6 nitrogen and oxygen atoms in total. The van der Waals surface area contributed by atoms with Crippen LogP contribution in [-0.4, -0.2) is 31.6 Å². The number of fused-ring (bicyclic) bond motifs is 1. The fourth-order valence-corrected chi connectivity index (χ4v) is 3.31. The van der Waals surface area contributed by atoms with Crippen LogP contribution in [0.25, 0.3) is 11.1 Å². The van der Waals surface area contributed by atoms with Gasteiger partial charge in [0, 0.05) is 24.0 Å². The molecular formula is C20H15F3N2O4. The number of hydrogen-bond donors (Lipinski definition) is 1. The summed E-state index contributed by atoms with van der Waals surface area (Å²) in [6.45, 7) is 0.883. The molecule has 2 aromatic carbocycles. The summed E-state index contributed by atoms with van der Waals surface area (Å²) in [5, 5.41) is 12.3. The van der Waals surface area contributed by atoms with Crippen LogP contribution in [0.5, 0.6) is 11.5 Å². The minimum atomic E-state index is -4.78. The number of ether oxygens (including phenoxy) is 3. The first-order valence-corrected chi connectivity index (χ1v) is 8.87. The zero-order chi connectivity index (χ0) is 20.6.